The topological polar surface area (TPSA) is 96.2 Å². The number of nitrogens with zero attached hydrogens (tertiary/aromatic N) is 3. The molecule has 7 heteroatoms. The van der Waals surface area contributed by atoms with Crippen LogP contribution in [0, 0.1) is 0 Å². The Labute approximate surface area is 107 Å². The Morgan fingerprint density at radius 3 is 2.83 bits per heavy atom. The SMILES string of the molecule is CCNc1cc(N(C)CCC(=O)NC)nc(N)n1. The molecule has 100 valence electrons. The summed E-state index contributed by atoms with van der Waals surface area (Å²) in [6, 6.07) is 1.81. The van der Waals surface area contributed by atoms with Gasteiger partial charge in [-0.05, 0) is 6.92 Å². The normalized spacial score (nSPS) is 9.94. The minimum absolute atomic E-state index is 0.00390. The van der Waals surface area contributed by atoms with E-state index in [9.17, 15) is 4.79 Å². The fraction of sp³-hybridized carbons (Fsp3) is 0.545. The summed E-state index contributed by atoms with van der Waals surface area (Å²) in [5.74, 6) is 1.60. The number of carbonyl (C=O) groups excluding carboxylic acids is 1. The molecule has 0 unspecified atom stereocenters. The maximum Gasteiger partial charge on any atom is 0.223 e. The van der Waals surface area contributed by atoms with Crippen molar-refractivity contribution < 1.29 is 4.79 Å². The van der Waals surface area contributed by atoms with Crippen LogP contribution in [0.1, 0.15) is 13.3 Å². The predicted molar refractivity (Wildman–Crippen MR) is 72.6 cm³/mol. The fourth-order valence-corrected chi connectivity index (χ4v) is 1.43. The number of hydrogen-bond donors (Lipinski definition) is 3. The molecule has 1 heterocycles. The smallest absolute Gasteiger partial charge is 0.223 e. The number of rotatable bonds is 6. The number of hydrogen-bond acceptors (Lipinski definition) is 6. The van der Waals surface area contributed by atoms with Crippen LogP contribution in [0.5, 0.6) is 0 Å². The molecular formula is C11H20N6O. The first kappa shape index (κ1) is 14.0. The highest BCUT2D eigenvalue weighted by atomic mass is 16.1. The van der Waals surface area contributed by atoms with Crippen molar-refractivity contribution in [2.45, 2.75) is 13.3 Å². The summed E-state index contributed by atoms with van der Waals surface area (Å²) in [6.45, 7) is 3.31. The van der Waals surface area contributed by atoms with Crippen molar-refractivity contribution in [2.24, 2.45) is 0 Å². The van der Waals surface area contributed by atoms with Gasteiger partial charge in [0.25, 0.3) is 0 Å². The van der Waals surface area contributed by atoms with Crippen LogP contribution in [0.3, 0.4) is 0 Å². The molecule has 7 nitrogen and oxygen atoms in total. The van der Waals surface area contributed by atoms with Gasteiger partial charge in [-0.2, -0.15) is 9.97 Å². The van der Waals surface area contributed by atoms with Crippen molar-refractivity contribution in [3.63, 3.8) is 0 Å². The average molecular weight is 252 g/mol. The van der Waals surface area contributed by atoms with Crippen molar-refractivity contribution in [1.29, 1.82) is 0 Å². The molecule has 0 saturated carbocycles. The summed E-state index contributed by atoms with van der Waals surface area (Å²) < 4.78 is 0. The maximum absolute atomic E-state index is 11.2. The highest BCUT2D eigenvalue weighted by Gasteiger charge is 2.08. The first-order chi connectivity index (χ1) is 8.56. The van der Waals surface area contributed by atoms with E-state index < -0.39 is 0 Å². The van der Waals surface area contributed by atoms with Gasteiger partial charge in [-0.1, -0.05) is 0 Å². The second-order valence-corrected chi connectivity index (χ2v) is 3.84. The lowest BCUT2D eigenvalue weighted by Gasteiger charge is -2.18. The van der Waals surface area contributed by atoms with Crippen molar-refractivity contribution >= 4 is 23.5 Å². The highest BCUT2D eigenvalue weighted by Crippen LogP contribution is 2.15. The van der Waals surface area contributed by atoms with Gasteiger partial charge >= 0.3 is 0 Å². The Morgan fingerprint density at radius 2 is 2.22 bits per heavy atom. The predicted octanol–water partition coefficient (Wildman–Crippen LogP) is 0.0629. The van der Waals surface area contributed by atoms with E-state index in [1.165, 1.54) is 0 Å². The molecule has 0 aliphatic heterocycles. The number of aromatic nitrogens is 2. The van der Waals surface area contributed by atoms with Gasteiger partial charge in [-0.25, -0.2) is 0 Å². The number of anilines is 3. The monoisotopic (exact) mass is 252 g/mol. The molecule has 0 aliphatic carbocycles. The van der Waals surface area contributed by atoms with E-state index in [1.54, 1.807) is 7.05 Å². The van der Waals surface area contributed by atoms with Gasteiger partial charge in [0.1, 0.15) is 11.6 Å². The summed E-state index contributed by atoms with van der Waals surface area (Å²) >= 11 is 0. The van der Waals surface area contributed by atoms with Crippen LogP contribution < -0.4 is 21.3 Å². The zero-order valence-corrected chi connectivity index (χ0v) is 11.0. The van der Waals surface area contributed by atoms with Crippen molar-refractivity contribution in [1.82, 2.24) is 15.3 Å². The van der Waals surface area contributed by atoms with Gasteiger partial charge in [-0.3, -0.25) is 4.79 Å². The Hall–Kier alpha value is -2.05. The standard InChI is InChI=1S/C11H20N6O/c1-4-14-8-7-9(16-11(12)15-8)17(3)6-5-10(18)13-2/h7H,4-6H2,1-3H3,(H,13,18)(H3,12,14,15,16). The molecule has 0 bridgehead atoms. The molecule has 0 aromatic carbocycles. The van der Waals surface area contributed by atoms with E-state index in [0.29, 0.717) is 24.6 Å². The summed E-state index contributed by atoms with van der Waals surface area (Å²) in [5, 5.41) is 5.66. The first-order valence-corrected chi connectivity index (χ1v) is 5.87. The van der Waals surface area contributed by atoms with Gasteiger partial charge in [0.2, 0.25) is 11.9 Å². The Kier molecular flexibility index (Phi) is 5.16. The average Bonchev–Trinajstić information content (AvgIpc) is 2.35. The minimum atomic E-state index is -0.00390. The second-order valence-electron chi connectivity index (χ2n) is 3.84. The third-order valence-electron chi connectivity index (χ3n) is 2.43. The quantitative estimate of drug-likeness (QED) is 0.662. The zero-order chi connectivity index (χ0) is 13.5. The van der Waals surface area contributed by atoms with E-state index in [-0.39, 0.29) is 11.9 Å². The highest BCUT2D eigenvalue weighted by molar-refractivity contribution is 5.76. The fourth-order valence-electron chi connectivity index (χ4n) is 1.43. The van der Waals surface area contributed by atoms with Gasteiger partial charge < -0.3 is 21.3 Å². The van der Waals surface area contributed by atoms with E-state index in [4.69, 9.17) is 5.73 Å². The second kappa shape index (κ2) is 6.63. The summed E-state index contributed by atoms with van der Waals surface area (Å²) in [4.78, 5) is 21.3. The molecule has 1 amide bonds. The van der Waals surface area contributed by atoms with E-state index in [1.807, 2.05) is 24.9 Å². The summed E-state index contributed by atoms with van der Waals surface area (Å²) in [7, 11) is 3.48. The van der Waals surface area contributed by atoms with Crippen LogP contribution in [-0.4, -0.2) is 43.1 Å². The van der Waals surface area contributed by atoms with Gasteiger partial charge in [-0.15, -0.1) is 0 Å². The third kappa shape index (κ3) is 4.08. The molecule has 18 heavy (non-hydrogen) atoms. The van der Waals surface area contributed by atoms with E-state index in [2.05, 4.69) is 20.6 Å². The minimum Gasteiger partial charge on any atom is -0.370 e. The molecule has 0 atom stereocenters. The van der Waals surface area contributed by atoms with Crippen molar-refractivity contribution in [2.75, 3.05) is 43.1 Å². The van der Waals surface area contributed by atoms with Crippen molar-refractivity contribution in [3.05, 3.63) is 6.07 Å². The Morgan fingerprint density at radius 1 is 1.50 bits per heavy atom. The summed E-state index contributed by atoms with van der Waals surface area (Å²) in [6.07, 6.45) is 0.410. The van der Waals surface area contributed by atoms with Crippen LogP contribution in [0.15, 0.2) is 6.07 Å². The van der Waals surface area contributed by atoms with Crippen LogP contribution in [0.25, 0.3) is 0 Å². The van der Waals surface area contributed by atoms with Gasteiger partial charge in [0.05, 0.1) is 0 Å². The number of nitrogens with one attached hydrogen (secondary N) is 2. The third-order valence-corrected chi connectivity index (χ3v) is 2.43. The largest absolute Gasteiger partial charge is 0.370 e. The van der Waals surface area contributed by atoms with Crippen LogP contribution in [0.4, 0.5) is 17.6 Å². The number of carbonyl (C=O) groups is 1. The molecule has 0 fully saturated rings. The Balaban J connectivity index is 2.72. The van der Waals surface area contributed by atoms with Crippen molar-refractivity contribution in [3.8, 4) is 0 Å². The van der Waals surface area contributed by atoms with Gasteiger partial charge in [0, 0.05) is 39.7 Å². The van der Waals surface area contributed by atoms with Gasteiger partial charge in [0.15, 0.2) is 0 Å². The molecule has 0 saturated heterocycles. The number of amides is 1. The zero-order valence-electron chi connectivity index (χ0n) is 11.0. The van der Waals surface area contributed by atoms with E-state index in [0.717, 1.165) is 6.54 Å². The van der Waals surface area contributed by atoms with Crippen LogP contribution in [-0.2, 0) is 4.79 Å². The lowest BCUT2D eigenvalue weighted by molar-refractivity contribution is -0.120. The number of nitrogens with two attached hydrogens (primary N) is 1. The molecule has 1 rings (SSSR count). The van der Waals surface area contributed by atoms with E-state index >= 15 is 0 Å². The molecule has 0 spiro atoms. The Bertz CT molecular complexity index is 409. The molecule has 1 aromatic heterocycles. The summed E-state index contributed by atoms with van der Waals surface area (Å²) in [5.41, 5.74) is 5.64. The molecule has 4 N–H and O–H groups in total. The molecule has 0 radical (unpaired) electrons. The van der Waals surface area contributed by atoms with Crippen LogP contribution in [0.2, 0.25) is 0 Å². The molecular weight excluding hydrogens is 232 g/mol. The molecule has 0 aliphatic rings. The van der Waals surface area contributed by atoms with Crippen LogP contribution >= 0.6 is 0 Å². The lowest BCUT2D eigenvalue weighted by atomic mass is 10.3. The molecule has 1 aromatic rings. The lowest BCUT2D eigenvalue weighted by Crippen LogP contribution is -2.27. The number of nitrogen functional groups attached to an aromatic ring is 1. The first-order valence-electron chi connectivity index (χ1n) is 5.87. The maximum atomic E-state index is 11.2.